The summed E-state index contributed by atoms with van der Waals surface area (Å²) in [6.45, 7) is 7.01. The molecule has 0 radical (unpaired) electrons. The molecule has 0 unspecified atom stereocenters. The van der Waals surface area contributed by atoms with Crippen molar-refractivity contribution in [2.45, 2.75) is 33.7 Å². The van der Waals surface area contributed by atoms with Crippen molar-refractivity contribution in [1.82, 2.24) is 10.1 Å². The van der Waals surface area contributed by atoms with Crippen molar-refractivity contribution in [3.63, 3.8) is 0 Å². The standard InChI is InChI=1S/C14H17BrN2O2S/c1-4-11-13(9(3)19-16-11)14(18)17(5-2)8-10-6-7-12(15)20-10/h6-7H,4-5,8H2,1-3H3. The number of carbonyl (C=O) groups is 1. The first-order valence-electron chi connectivity index (χ1n) is 6.55. The zero-order valence-electron chi connectivity index (χ0n) is 11.8. The van der Waals surface area contributed by atoms with E-state index in [-0.39, 0.29) is 5.91 Å². The molecule has 2 rings (SSSR count). The molecule has 0 aliphatic carbocycles. The highest BCUT2D eigenvalue weighted by Gasteiger charge is 2.24. The first kappa shape index (κ1) is 15.3. The maximum atomic E-state index is 12.7. The maximum absolute atomic E-state index is 12.7. The van der Waals surface area contributed by atoms with Crippen LogP contribution in [0.2, 0.25) is 0 Å². The van der Waals surface area contributed by atoms with Gasteiger partial charge in [-0.05, 0) is 48.3 Å². The molecular weight excluding hydrogens is 340 g/mol. The number of rotatable bonds is 5. The Labute approximate surface area is 130 Å². The molecule has 108 valence electrons. The highest BCUT2D eigenvalue weighted by molar-refractivity contribution is 9.11. The van der Waals surface area contributed by atoms with Crippen LogP contribution in [0.5, 0.6) is 0 Å². The third-order valence-corrected chi connectivity index (χ3v) is 4.74. The van der Waals surface area contributed by atoms with E-state index in [0.717, 1.165) is 14.4 Å². The average molecular weight is 357 g/mol. The fourth-order valence-electron chi connectivity index (χ4n) is 2.04. The van der Waals surface area contributed by atoms with Gasteiger partial charge in [0, 0.05) is 11.4 Å². The lowest BCUT2D eigenvalue weighted by molar-refractivity contribution is 0.0751. The van der Waals surface area contributed by atoms with E-state index >= 15 is 0 Å². The van der Waals surface area contributed by atoms with Gasteiger partial charge in [0.2, 0.25) is 0 Å². The summed E-state index contributed by atoms with van der Waals surface area (Å²) in [7, 11) is 0. The third kappa shape index (κ3) is 3.12. The third-order valence-electron chi connectivity index (χ3n) is 3.13. The quantitative estimate of drug-likeness (QED) is 0.812. The maximum Gasteiger partial charge on any atom is 0.259 e. The SMILES string of the molecule is CCc1noc(C)c1C(=O)N(CC)Cc1ccc(Br)s1. The van der Waals surface area contributed by atoms with E-state index in [1.54, 1.807) is 18.3 Å². The number of amides is 1. The van der Waals surface area contributed by atoms with Gasteiger partial charge < -0.3 is 9.42 Å². The van der Waals surface area contributed by atoms with Crippen LogP contribution in [0.25, 0.3) is 0 Å². The van der Waals surface area contributed by atoms with Crippen molar-refractivity contribution in [3.05, 3.63) is 37.8 Å². The zero-order valence-corrected chi connectivity index (χ0v) is 14.2. The number of thiophene rings is 1. The van der Waals surface area contributed by atoms with E-state index in [9.17, 15) is 4.79 Å². The van der Waals surface area contributed by atoms with Crippen LogP contribution in [0.15, 0.2) is 20.4 Å². The number of hydrogen-bond donors (Lipinski definition) is 0. The second-order valence-corrected chi connectivity index (χ2v) is 6.99. The Morgan fingerprint density at radius 1 is 1.45 bits per heavy atom. The number of hydrogen-bond acceptors (Lipinski definition) is 4. The molecule has 0 aromatic carbocycles. The van der Waals surface area contributed by atoms with E-state index in [1.165, 1.54) is 0 Å². The predicted molar refractivity (Wildman–Crippen MR) is 83.1 cm³/mol. The summed E-state index contributed by atoms with van der Waals surface area (Å²) < 4.78 is 6.23. The Morgan fingerprint density at radius 3 is 2.75 bits per heavy atom. The highest BCUT2D eigenvalue weighted by atomic mass is 79.9. The number of carbonyl (C=O) groups excluding carboxylic acids is 1. The van der Waals surface area contributed by atoms with Crippen LogP contribution in [-0.2, 0) is 13.0 Å². The van der Waals surface area contributed by atoms with Gasteiger partial charge >= 0.3 is 0 Å². The lowest BCUT2D eigenvalue weighted by Gasteiger charge is -2.20. The summed E-state index contributed by atoms with van der Waals surface area (Å²) in [4.78, 5) is 15.6. The molecule has 20 heavy (non-hydrogen) atoms. The Balaban J connectivity index is 2.22. The van der Waals surface area contributed by atoms with Crippen molar-refractivity contribution in [3.8, 4) is 0 Å². The molecule has 1 amide bonds. The molecule has 0 fully saturated rings. The molecule has 4 nitrogen and oxygen atoms in total. The normalized spacial score (nSPS) is 10.8. The molecule has 0 saturated carbocycles. The van der Waals surface area contributed by atoms with E-state index < -0.39 is 0 Å². The van der Waals surface area contributed by atoms with Gasteiger partial charge in [-0.25, -0.2) is 0 Å². The van der Waals surface area contributed by atoms with E-state index in [1.807, 2.05) is 30.9 Å². The lowest BCUT2D eigenvalue weighted by atomic mass is 10.1. The molecule has 0 saturated heterocycles. The minimum absolute atomic E-state index is 0.00683. The van der Waals surface area contributed by atoms with Crippen molar-refractivity contribution in [1.29, 1.82) is 0 Å². The topological polar surface area (TPSA) is 46.3 Å². The minimum atomic E-state index is -0.00683. The van der Waals surface area contributed by atoms with Gasteiger partial charge in [0.1, 0.15) is 11.3 Å². The molecule has 0 bridgehead atoms. The summed E-state index contributed by atoms with van der Waals surface area (Å²) in [5.74, 6) is 0.588. The van der Waals surface area contributed by atoms with Gasteiger partial charge in [-0.1, -0.05) is 12.1 Å². The van der Waals surface area contributed by atoms with Gasteiger partial charge in [0.15, 0.2) is 0 Å². The Morgan fingerprint density at radius 2 is 2.20 bits per heavy atom. The van der Waals surface area contributed by atoms with Crippen LogP contribution in [-0.4, -0.2) is 22.5 Å². The van der Waals surface area contributed by atoms with Crippen molar-refractivity contribution < 1.29 is 9.32 Å². The smallest absolute Gasteiger partial charge is 0.259 e. The Bertz CT molecular complexity index is 606. The first-order valence-corrected chi connectivity index (χ1v) is 8.16. The lowest BCUT2D eigenvalue weighted by Crippen LogP contribution is -2.30. The molecule has 0 N–H and O–H groups in total. The van der Waals surface area contributed by atoms with Gasteiger partial charge in [-0.2, -0.15) is 0 Å². The van der Waals surface area contributed by atoms with Crippen LogP contribution in [0.3, 0.4) is 0 Å². The number of aryl methyl sites for hydroxylation is 2. The van der Waals surface area contributed by atoms with Crippen LogP contribution >= 0.6 is 27.3 Å². The van der Waals surface area contributed by atoms with Gasteiger partial charge in [-0.3, -0.25) is 4.79 Å². The van der Waals surface area contributed by atoms with Crippen molar-refractivity contribution in [2.24, 2.45) is 0 Å². The van der Waals surface area contributed by atoms with Gasteiger partial charge in [0.25, 0.3) is 5.91 Å². The van der Waals surface area contributed by atoms with E-state index in [2.05, 4.69) is 21.1 Å². The molecule has 0 aliphatic rings. The minimum Gasteiger partial charge on any atom is -0.361 e. The largest absolute Gasteiger partial charge is 0.361 e. The zero-order chi connectivity index (χ0) is 14.7. The number of nitrogens with zero attached hydrogens (tertiary/aromatic N) is 2. The fraction of sp³-hybridized carbons (Fsp3) is 0.429. The molecule has 2 heterocycles. The summed E-state index contributed by atoms with van der Waals surface area (Å²) in [5.41, 5.74) is 1.35. The molecule has 0 spiro atoms. The van der Waals surface area contributed by atoms with Gasteiger partial charge in [-0.15, -0.1) is 11.3 Å². The molecule has 2 aromatic rings. The second-order valence-electron chi connectivity index (χ2n) is 4.44. The van der Waals surface area contributed by atoms with Crippen LogP contribution in [0.1, 0.15) is 40.5 Å². The summed E-state index contributed by atoms with van der Waals surface area (Å²) in [5, 5.41) is 3.96. The molecular formula is C14H17BrN2O2S. The summed E-state index contributed by atoms with van der Waals surface area (Å²) >= 11 is 5.09. The monoisotopic (exact) mass is 356 g/mol. The van der Waals surface area contributed by atoms with Crippen LogP contribution in [0.4, 0.5) is 0 Å². The fourth-order valence-corrected chi connectivity index (χ4v) is 3.54. The second kappa shape index (κ2) is 6.54. The van der Waals surface area contributed by atoms with Gasteiger partial charge in [0.05, 0.1) is 16.0 Å². The predicted octanol–water partition coefficient (Wildman–Crippen LogP) is 4.03. The number of halogens is 1. The van der Waals surface area contributed by atoms with Crippen LogP contribution < -0.4 is 0 Å². The molecule has 2 aromatic heterocycles. The first-order chi connectivity index (χ1) is 9.56. The number of aromatic nitrogens is 1. The molecule has 0 atom stereocenters. The van der Waals surface area contributed by atoms with Crippen LogP contribution in [0, 0.1) is 6.92 Å². The highest BCUT2D eigenvalue weighted by Crippen LogP contribution is 2.24. The Hall–Kier alpha value is -1.14. The average Bonchev–Trinajstić information content (AvgIpc) is 3.01. The Kier molecular flexibility index (Phi) is 4.99. The van der Waals surface area contributed by atoms with Crippen molar-refractivity contribution >= 4 is 33.2 Å². The summed E-state index contributed by atoms with van der Waals surface area (Å²) in [6.07, 6.45) is 0.695. The molecule has 6 heteroatoms. The summed E-state index contributed by atoms with van der Waals surface area (Å²) in [6, 6.07) is 4.03. The van der Waals surface area contributed by atoms with Crippen molar-refractivity contribution in [2.75, 3.05) is 6.54 Å². The van der Waals surface area contributed by atoms with E-state index in [4.69, 9.17) is 4.52 Å². The molecule has 0 aliphatic heterocycles. The van der Waals surface area contributed by atoms with E-state index in [0.29, 0.717) is 30.8 Å².